The Morgan fingerprint density at radius 3 is 2.93 bits per heavy atom. The Hall–Kier alpha value is -0.390. The summed E-state index contributed by atoms with van der Waals surface area (Å²) < 4.78 is 4.04. The van der Waals surface area contributed by atoms with E-state index in [1.54, 1.807) is 0 Å². The second-order valence-corrected chi connectivity index (χ2v) is 4.81. The first kappa shape index (κ1) is 11.1. The second-order valence-electron chi connectivity index (χ2n) is 3.24. The molecule has 0 bridgehead atoms. The highest BCUT2D eigenvalue weighted by molar-refractivity contribution is 9.11. The lowest BCUT2D eigenvalue weighted by Crippen LogP contribution is -2.12. The number of imidazole rings is 1. The summed E-state index contributed by atoms with van der Waals surface area (Å²) in [7, 11) is 1.94. The normalized spacial score (nSPS) is 11.1. The largest absolute Gasteiger partial charge is 0.319 e. The van der Waals surface area contributed by atoms with E-state index in [1.807, 2.05) is 25.2 Å². The average molecular weight is 333 g/mol. The van der Waals surface area contributed by atoms with Gasteiger partial charge in [-0.3, -0.25) is 4.40 Å². The number of fused-ring (bicyclic) bond motifs is 1. The highest BCUT2D eigenvalue weighted by Gasteiger charge is 2.09. The Morgan fingerprint density at radius 2 is 2.20 bits per heavy atom. The molecule has 0 aliphatic heterocycles. The van der Waals surface area contributed by atoms with E-state index in [4.69, 9.17) is 0 Å². The zero-order valence-corrected chi connectivity index (χ0v) is 11.5. The van der Waals surface area contributed by atoms with Gasteiger partial charge in [0, 0.05) is 13.0 Å². The molecule has 5 heteroatoms. The molecule has 2 rings (SSSR count). The number of nitrogens with one attached hydrogen (secondary N) is 1. The SMILES string of the molecule is CNCCc1nc(Br)c2cccc(Br)n12. The molecule has 0 atom stereocenters. The molecule has 0 unspecified atom stereocenters. The fraction of sp³-hybridized carbons (Fsp3) is 0.300. The average Bonchev–Trinajstić information content (AvgIpc) is 2.55. The van der Waals surface area contributed by atoms with Gasteiger partial charge < -0.3 is 5.32 Å². The fourth-order valence-corrected chi connectivity index (χ4v) is 2.59. The van der Waals surface area contributed by atoms with E-state index in [2.05, 4.69) is 46.6 Å². The number of nitrogens with zero attached hydrogens (tertiary/aromatic N) is 2. The maximum atomic E-state index is 4.50. The molecule has 1 N–H and O–H groups in total. The zero-order valence-electron chi connectivity index (χ0n) is 8.30. The van der Waals surface area contributed by atoms with Gasteiger partial charge in [0.2, 0.25) is 0 Å². The molecule has 2 aromatic rings. The summed E-state index contributed by atoms with van der Waals surface area (Å²) >= 11 is 7.01. The van der Waals surface area contributed by atoms with Gasteiger partial charge in [-0.05, 0) is 51.0 Å². The fourth-order valence-electron chi connectivity index (χ4n) is 1.53. The van der Waals surface area contributed by atoms with Crippen LogP contribution in [0.1, 0.15) is 5.82 Å². The third-order valence-corrected chi connectivity index (χ3v) is 3.44. The summed E-state index contributed by atoms with van der Waals surface area (Å²) in [5.41, 5.74) is 1.09. The van der Waals surface area contributed by atoms with Crippen LogP contribution in [-0.2, 0) is 6.42 Å². The van der Waals surface area contributed by atoms with Crippen molar-refractivity contribution in [2.24, 2.45) is 0 Å². The first-order valence-electron chi connectivity index (χ1n) is 4.70. The lowest BCUT2D eigenvalue weighted by atomic mass is 10.4. The van der Waals surface area contributed by atoms with Gasteiger partial charge in [-0.2, -0.15) is 0 Å². The lowest BCUT2D eigenvalue weighted by molar-refractivity contribution is 0.750. The van der Waals surface area contributed by atoms with Gasteiger partial charge in [-0.15, -0.1) is 0 Å². The molecule has 0 fully saturated rings. The maximum absolute atomic E-state index is 4.50. The molecule has 0 amide bonds. The minimum atomic E-state index is 0.898. The van der Waals surface area contributed by atoms with Crippen molar-refractivity contribution in [2.45, 2.75) is 6.42 Å². The summed E-state index contributed by atoms with van der Waals surface area (Å²) in [6.07, 6.45) is 0.909. The van der Waals surface area contributed by atoms with E-state index < -0.39 is 0 Å². The van der Waals surface area contributed by atoms with E-state index in [9.17, 15) is 0 Å². The minimum absolute atomic E-state index is 0.898. The van der Waals surface area contributed by atoms with Crippen LogP contribution in [0, 0.1) is 0 Å². The van der Waals surface area contributed by atoms with Crippen LogP contribution in [0.4, 0.5) is 0 Å². The number of hydrogen-bond donors (Lipinski definition) is 1. The molecule has 2 aromatic heterocycles. The first-order valence-corrected chi connectivity index (χ1v) is 6.28. The van der Waals surface area contributed by atoms with Crippen LogP contribution in [0.15, 0.2) is 27.4 Å². The van der Waals surface area contributed by atoms with Gasteiger partial charge in [-0.25, -0.2) is 4.98 Å². The number of rotatable bonds is 3. The highest BCUT2D eigenvalue weighted by Crippen LogP contribution is 2.23. The van der Waals surface area contributed by atoms with Crippen molar-refractivity contribution >= 4 is 37.4 Å². The van der Waals surface area contributed by atoms with Crippen molar-refractivity contribution in [3.05, 3.63) is 33.2 Å². The van der Waals surface area contributed by atoms with Crippen molar-refractivity contribution in [1.82, 2.24) is 14.7 Å². The topological polar surface area (TPSA) is 29.3 Å². The van der Waals surface area contributed by atoms with Crippen molar-refractivity contribution in [1.29, 1.82) is 0 Å². The first-order chi connectivity index (χ1) is 7.24. The Kier molecular flexibility index (Phi) is 3.43. The third kappa shape index (κ3) is 2.09. The predicted octanol–water partition coefficient (Wildman–Crippen LogP) is 2.62. The summed E-state index contributed by atoms with van der Waals surface area (Å²) in [6.45, 7) is 0.923. The van der Waals surface area contributed by atoms with Crippen molar-refractivity contribution in [2.75, 3.05) is 13.6 Å². The van der Waals surface area contributed by atoms with Gasteiger partial charge in [0.25, 0.3) is 0 Å². The predicted molar refractivity (Wildman–Crippen MR) is 68.2 cm³/mol. The van der Waals surface area contributed by atoms with Gasteiger partial charge in [0.05, 0.1) is 10.1 Å². The Bertz CT molecular complexity index is 479. The van der Waals surface area contributed by atoms with Crippen LogP contribution in [0.2, 0.25) is 0 Å². The van der Waals surface area contributed by atoms with Crippen LogP contribution < -0.4 is 5.32 Å². The van der Waals surface area contributed by atoms with Gasteiger partial charge in [0.1, 0.15) is 10.4 Å². The smallest absolute Gasteiger partial charge is 0.132 e. The van der Waals surface area contributed by atoms with Gasteiger partial charge in [0.15, 0.2) is 0 Å². The third-order valence-electron chi connectivity index (χ3n) is 2.24. The molecule has 0 spiro atoms. The van der Waals surface area contributed by atoms with E-state index in [0.29, 0.717) is 0 Å². The van der Waals surface area contributed by atoms with E-state index in [-0.39, 0.29) is 0 Å². The number of aromatic nitrogens is 2. The number of halogens is 2. The number of likely N-dealkylation sites (N-methyl/N-ethyl adjacent to an activating group) is 1. The Labute approximate surface area is 105 Å². The Morgan fingerprint density at radius 1 is 1.40 bits per heavy atom. The van der Waals surface area contributed by atoms with E-state index >= 15 is 0 Å². The molecule has 80 valence electrons. The van der Waals surface area contributed by atoms with E-state index in [1.165, 1.54) is 0 Å². The quantitative estimate of drug-likeness (QED) is 0.875. The highest BCUT2D eigenvalue weighted by atomic mass is 79.9. The van der Waals surface area contributed by atoms with Crippen molar-refractivity contribution in [3.63, 3.8) is 0 Å². The molecule has 2 heterocycles. The van der Waals surface area contributed by atoms with Crippen LogP contribution in [0.5, 0.6) is 0 Å². The molecular formula is C10H11Br2N3. The van der Waals surface area contributed by atoms with Gasteiger partial charge in [-0.1, -0.05) is 6.07 Å². The molecular weight excluding hydrogens is 322 g/mol. The molecule has 0 aromatic carbocycles. The lowest BCUT2D eigenvalue weighted by Gasteiger charge is -2.02. The summed E-state index contributed by atoms with van der Waals surface area (Å²) in [4.78, 5) is 4.50. The van der Waals surface area contributed by atoms with Crippen LogP contribution in [-0.4, -0.2) is 23.0 Å². The molecule has 0 radical (unpaired) electrons. The number of hydrogen-bond acceptors (Lipinski definition) is 2. The second kappa shape index (κ2) is 4.63. The monoisotopic (exact) mass is 331 g/mol. The molecule has 3 nitrogen and oxygen atoms in total. The molecule has 0 saturated carbocycles. The minimum Gasteiger partial charge on any atom is -0.319 e. The number of pyridine rings is 1. The standard InChI is InChI=1S/C10H11Br2N3/c1-13-6-5-9-14-10(12)7-3-2-4-8(11)15(7)9/h2-4,13H,5-6H2,1H3. The summed E-state index contributed by atoms with van der Waals surface area (Å²) in [5.74, 6) is 1.05. The summed E-state index contributed by atoms with van der Waals surface area (Å²) in [5, 5.41) is 3.13. The molecule has 0 saturated heterocycles. The Balaban J connectivity index is 2.54. The summed E-state index contributed by atoms with van der Waals surface area (Å²) in [6, 6.07) is 6.07. The maximum Gasteiger partial charge on any atom is 0.132 e. The molecule has 0 aliphatic carbocycles. The molecule has 15 heavy (non-hydrogen) atoms. The van der Waals surface area contributed by atoms with Crippen LogP contribution in [0.3, 0.4) is 0 Å². The van der Waals surface area contributed by atoms with Crippen molar-refractivity contribution < 1.29 is 0 Å². The van der Waals surface area contributed by atoms with Gasteiger partial charge >= 0.3 is 0 Å². The van der Waals surface area contributed by atoms with E-state index in [0.717, 1.165) is 33.5 Å². The zero-order chi connectivity index (χ0) is 10.8. The van der Waals surface area contributed by atoms with Crippen LogP contribution in [0.25, 0.3) is 5.52 Å². The molecule has 0 aliphatic rings. The van der Waals surface area contributed by atoms with Crippen LogP contribution >= 0.6 is 31.9 Å². The van der Waals surface area contributed by atoms with Crippen molar-refractivity contribution in [3.8, 4) is 0 Å².